The Balaban J connectivity index is 1.43. The van der Waals surface area contributed by atoms with Gasteiger partial charge in [0.25, 0.3) is 0 Å². The Morgan fingerprint density at radius 2 is 1.83 bits per heavy atom. The average Bonchev–Trinajstić information content (AvgIpc) is 3.57. The Hall–Kier alpha value is -2.59. The van der Waals surface area contributed by atoms with E-state index in [9.17, 15) is 4.79 Å². The summed E-state index contributed by atoms with van der Waals surface area (Å²) in [5.74, 6) is 0.488. The fraction of sp³-hybridized carbons (Fsp3) is 0.400. The lowest BCUT2D eigenvalue weighted by molar-refractivity contribution is -0.137. The standard InChI is InChI=1S/C25H29N3O/c29-25(20-9-6-14-26-15-20)28(22-12-13-22)18-21-17-27(16-19-7-2-1-3-8-19)24-11-5-4-10-23(21)24/h1-5,7-8,10-11,17,20,22,26H,6,9,12-16,18H2. The molecule has 1 aliphatic carbocycles. The molecule has 5 rings (SSSR count). The molecule has 0 spiro atoms. The Bertz CT molecular complexity index is 984. The SMILES string of the molecule is O=C(C1CCCNC1)N(Cc1cn(Cc2ccccc2)c2ccccc12)C1CC1. The first-order valence-electron chi connectivity index (χ1n) is 10.9. The lowest BCUT2D eigenvalue weighted by Gasteiger charge is -2.29. The zero-order valence-electron chi connectivity index (χ0n) is 16.9. The maximum atomic E-state index is 13.3. The maximum absolute atomic E-state index is 13.3. The van der Waals surface area contributed by atoms with Crippen LogP contribution in [0.2, 0.25) is 0 Å². The molecule has 4 nitrogen and oxygen atoms in total. The largest absolute Gasteiger partial charge is 0.343 e. The van der Waals surface area contributed by atoms with Crippen molar-refractivity contribution >= 4 is 16.8 Å². The topological polar surface area (TPSA) is 37.3 Å². The highest BCUT2D eigenvalue weighted by Gasteiger charge is 2.36. The van der Waals surface area contributed by atoms with Crippen molar-refractivity contribution in [3.8, 4) is 0 Å². The number of carbonyl (C=O) groups is 1. The van der Waals surface area contributed by atoms with Crippen molar-refractivity contribution in [3.63, 3.8) is 0 Å². The number of para-hydroxylation sites is 1. The van der Waals surface area contributed by atoms with E-state index in [-0.39, 0.29) is 5.92 Å². The van der Waals surface area contributed by atoms with E-state index < -0.39 is 0 Å². The summed E-state index contributed by atoms with van der Waals surface area (Å²) < 4.78 is 2.33. The molecule has 2 heterocycles. The van der Waals surface area contributed by atoms with Gasteiger partial charge in [0.05, 0.1) is 5.92 Å². The third-order valence-corrected chi connectivity index (χ3v) is 6.32. The van der Waals surface area contributed by atoms with Gasteiger partial charge in [-0.3, -0.25) is 4.79 Å². The molecule has 1 aliphatic heterocycles. The van der Waals surface area contributed by atoms with Crippen LogP contribution < -0.4 is 5.32 Å². The summed E-state index contributed by atoms with van der Waals surface area (Å²) in [4.78, 5) is 15.5. The Kier molecular flexibility index (Phi) is 5.11. The number of nitrogens with one attached hydrogen (secondary N) is 1. The third-order valence-electron chi connectivity index (χ3n) is 6.32. The highest BCUT2D eigenvalue weighted by Crippen LogP contribution is 2.33. The molecule has 1 amide bonds. The van der Waals surface area contributed by atoms with Crippen molar-refractivity contribution in [2.24, 2.45) is 5.92 Å². The molecule has 1 unspecified atom stereocenters. The van der Waals surface area contributed by atoms with Gasteiger partial charge in [-0.2, -0.15) is 0 Å². The molecule has 0 bridgehead atoms. The van der Waals surface area contributed by atoms with Gasteiger partial charge in [0.15, 0.2) is 0 Å². The summed E-state index contributed by atoms with van der Waals surface area (Å²) in [6, 6.07) is 19.6. The number of hydrogen-bond acceptors (Lipinski definition) is 2. The van der Waals surface area contributed by atoms with Gasteiger partial charge in [0.2, 0.25) is 5.91 Å². The van der Waals surface area contributed by atoms with Crippen LogP contribution in [0, 0.1) is 5.92 Å². The number of nitrogens with zero attached hydrogens (tertiary/aromatic N) is 2. The summed E-state index contributed by atoms with van der Waals surface area (Å²) in [5, 5.41) is 4.67. The Labute approximate surface area is 172 Å². The normalized spacial score (nSPS) is 19.4. The van der Waals surface area contributed by atoms with Crippen molar-refractivity contribution in [1.29, 1.82) is 0 Å². The Morgan fingerprint density at radius 1 is 1.03 bits per heavy atom. The molecule has 4 heteroatoms. The van der Waals surface area contributed by atoms with E-state index in [1.54, 1.807) is 0 Å². The van der Waals surface area contributed by atoms with Gasteiger partial charge in [0.1, 0.15) is 0 Å². The average molecular weight is 388 g/mol. The number of benzene rings is 2. The number of fused-ring (bicyclic) bond motifs is 1. The van der Waals surface area contributed by atoms with E-state index in [4.69, 9.17) is 0 Å². The number of aromatic nitrogens is 1. The second kappa shape index (κ2) is 8.03. The van der Waals surface area contributed by atoms with E-state index in [1.165, 1.54) is 22.0 Å². The third kappa shape index (κ3) is 3.95. The van der Waals surface area contributed by atoms with E-state index in [1.807, 2.05) is 0 Å². The van der Waals surface area contributed by atoms with E-state index in [2.05, 4.69) is 75.6 Å². The quantitative estimate of drug-likeness (QED) is 0.689. The molecule has 1 aromatic heterocycles. The molecule has 2 fully saturated rings. The van der Waals surface area contributed by atoms with Crippen molar-refractivity contribution in [2.45, 2.75) is 44.8 Å². The number of carbonyl (C=O) groups excluding carboxylic acids is 1. The number of hydrogen-bond donors (Lipinski definition) is 1. The minimum atomic E-state index is 0.141. The smallest absolute Gasteiger partial charge is 0.227 e. The van der Waals surface area contributed by atoms with Crippen LogP contribution >= 0.6 is 0 Å². The summed E-state index contributed by atoms with van der Waals surface area (Å²) in [6.07, 6.45) is 6.68. The minimum Gasteiger partial charge on any atom is -0.343 e. The number of piperidine rings is 1. The van der Waals surface area contributed by atoms with Crippen LogP contribution in [0.3, 0.4) is 0 Å². The first-order chi connectivity index (χ1) is 14.3. The van der Waals surface area contributed by atoms with Crippen molar-refractivity contribution in [2.75, 3.05) is 13.1 Å². The van der Waals surface area contributed by atoms with Crippen LogP contribution in [0.1, 0.15) is 36.8 Å². The molecule has 150 valence electrons. The molecule has 29 heavy (non-hydrogen) atoms. The van der Waals surface area contributed by atoms with Crippen molar-refractivity contribution in [1.82, 2.24) is 14.8 Å². The molecule has 1 saturated heterocycles. The fourth-order valence-electron chi connectivity index (χ4n) is 4.61. The van der Waals surface area contributed by atoms with Crippen molar-refractivity contribution in [3.05, 3.63) is 71.9 Å². The van der Waals surface area contributed by atoms with Gasteiger partial charge in [-0.1, -0.05) is 48.5 Å². The molecule has 2 aliphatic rings. The monoisotopic (exact) mass is 387 g/mol. The summed E-state index contributed by atoms with van der Waals surface area (Å²) in [7, 11) is 0. The van der Waals surface area contributed by atoms with Gasteiger partial charge >= 0.3 is 0 Å². The van der Waals surface area contributed by atoms with Gasteiger partial charge in [-0.15, -0.1) is 0 Å². The predicted octanol–water partition coefficient (Wildman–Crippen LogP) is 4.18. The molecule has 2 aromatic carbocycles. The first-order valence-corrected chi connectivity index (χ1v) is 10.9. The van der Waals surface area contributed by atoms with Crippen LogP contribution in [0.5, 0.6) is 0 Å². The van der Waals surface area contributed by atoms with Crippen molar-refractivity contribution < 1.29 is 4.79 Å². The van der Waals surface area contributed by atoms with Crippen LogP contribution in [0.15, 0.2) is 60.8 Å². The van der Waals surface area contributed by atoms with Gasteiger partial charge in [-0.25, -0.2) is 0 Å². The van der Waals surface area contributed by atoms with Crippen LogP contribution in [-0.4, -0.2) is 34.5 Å². The zero-order valence-corrected chi connectivity index (χ0v) is 16.9. The molecule has 1 N–H and O–H groups in total. The lowest BCUT2D eigenvalue weighted by atomic mass is 9.97. The van der Waals surface area contributed by atoms with Crippen LogP contribution in [0.4, 0.5) is 0 Å². The number of rotatable bonds is 6. The second-order valence-electron chi connectivity index (χ2n) is 8.53. The van der Waals surface area contributed by atoms with Gasteiger partial charge in [0, 0.05) is 42.8 Å². The maximum Gasteiger partial charge on any atom is 0.227 e. The first kappa shape index (κ1) is 18.4. The highest BCUT2D eigenvalue weighted by atomic mass is 16.2. The van der Waals surface area contributed by atoms with Gasteiger partial charge in [-0.05, 0) is 49.4 Å². The summed E-state index contributed by atoms with van der Waals surface area (Å²) in [5.41, 5.74) is 3.80. The summed E-state index contributed by atoms with van der Waals surface area (Å²) >= 11 is 0. The van der Waals surface area contributed by atoms with E-state index in [0.717, 1.165) is 51.9 Å². The van der Waals surface area contributed by atoms with Gasteiger partial charge < -0.3 is 14.8 Å². The zero-order chi connectivity index (χ0) is 19.6. The Morgan fingerprint density at radius 3 is 2.59 bits per heavy atom. The molecule has 0 radical (unpaired) electrons. The van der Waals surface area contributed by atoms with Crippen LogP contribution in [-0.2, 0) is 17.9 Å². The lowest BCUT2D eigenvalue weighted by Crippen LogP contribution is -2.43. The second-order valence-corrected chi connectivity index (χ2v) is 8.53. The van der Waals surface area contributed by atoms with Crippen LogP contribution in [0.25, 0.3) is 10.9 Å². The van der Waals surface area contributed by atoms with E-state index in [0.29, 0.717) is 11.9 Å². The molecular weight excluding hydrogens is 358 g/mol. The summed E-state index contributed by atoms with van der Waals surface area (Å²) in [6.45, 7) is 3.45. The predicted molar refractivity (Wildman–Crippen MR) is 117 cm³/mol. The molecule has 1 atom stereocenters. The molecule has 1 saturated carbocycles. The molecule has 3 aromatic rings. The molecular formula is C25H29N3O. The fourth-order valence-corrected chi connectivity index (χ4v) is 4.61. The minimum absolute atomic E-state index is 0.141. The van der Waals surface area contributed by atoms with E-state index >= 15 is 0 Å². The highest BCUT2D eigenvalue weighted by molar-refractivity contribution is 5.85. The number of amides is 1.